The van der Waals surface area contributed by atoms with E-state index in [2.05, 4.69) is 26.5 Å². The van der Waals surface area contributed by atoms with E-state index in [0.29, 0.717) is 17.3 Å². The van der Waals surface area contributed by atoms with Gasteiger partial charge in [0, 0.05) is 10.0 Å². The fraction of sp³-hybridized carbons (Fsp3) is 0.182. The van der Waals surface area contributed by atoms with Crippen LogP contribution in [0.4, 0.5) is 0 Å². The molecule has 0 unspecified atom stereocenters. The van der Waals surface area contributed by atoms with Gasteiger partial charge in [0.05, 0.1) is 26.9 Å². The molecule has 0 radical (unpaired) electrons. The average molecular weight is 457 g/mol. The Kier molecular flexibility index (Phi) is 6.72. The van der Waals surface area contributed by atoms with E-state index in [9.17, 15) is 4.79 Å². The van der Waals surface area contributed by atoms with Crippen LogP contribution < -0.4 is 14.9 Å². The largest absolute Gasteiger partial charge is 0.493 e. The highest BCUT2D eigenvalue weighted by molar-refractivity contribution is 9.10. The summed E-state index contributed by atoms with van der Waals surface area (Å²) in [6.07, 6.45) is 1.64. The Morgan fingerprint density at radius 3 is 2.62 bits per heavy atom. The van der Waals surface area contributed by atoms with E-state index in [1.165, 1.54) is 6.21 Å². The van der Waals surface area contributed by atoms with Gasteiger partial charge < -0.3 is 13.9 Å². The van der Waals surface area contributed by atoms with Crippen LogP contribution >= 0.6 is 15.9 Å². The van der Waals surface area contributed by atoms with Gasteiger partial charge >= 0.3 is 0 Å². The Morgan fingerprint density at radius 1 is 1.10 bits per heavy atom. The quantitative estimate of drug-likeness (QED) is 0.412. The summed E-state index contributed by atoms with van der Waals surface area (Å²) in [5.74, 6) is 2.21. The summed E-state index contributed by atoms with van der Waals surface area (Å²) in [5.41, 5.74) is 5.40. The molecular weight excluding hydrogens is 436 g/mol. The number of hydrogen-bond donors (Lipinski definition) is 1. The second kappa shape index (κ2) is 9.43. The minimum absolute atomic E-state index is 0.165. The third kappa shape index (κ3) is 5.26. The van der Waals surface area contributed by atoms with Crippen molar-refractivity contribution in [3.63, 3.8) is 0 Å². The number of aryl methyl sites for hydroxylation is 1. The Morgan fingerprint density at radius 2 is 1.90 bits per heavy atom. The molecule has 1 heterocycles. The van der Waals surface area contributed by atoms with Crippen LogP contribution in [-0.2, 0) is 11.2 Å². The van der Waals surface area contributed by atoms with E-state index in [-0.39, 0.29) is 12.3 Å². The first-order valence-corrected chi connectivity index (χ1v) is 9.68. The van der Waals surface area contributed by atoms with Gasteiger partial charge in [0.1, 0.15) is 11.5 Å². The summed E-state index contributed by atoms with van der Waals surface area (Å²) in [6.45, 7) is 2.03. The van der Waals surface area contributed by atoms with Gasteiger partial charge in [0.2, 0.25) is 5.91 Å². The summed E-state index contributed by atoms with van der Waals surface area (Å²) < 4.78 is 17.2. The standard InChI is InChI=1S/C22H21BrN2O4/c1-14-4-6-16(12-18(14)23)19-9-7-17(29-19)13-24-25-22(26)11-15-5-8-20(27-2)21(10-15)28-3/h4-10,12-13H,11H2,1-3H3,(H,25,26)/b24-13-. The molecule has 2 aromatic carbocycles. The molecule has 6 nitrogen and oxygen atoms in total. The SMILES string of the molecule is COc1ccc(CC(=O)N/N=C\c2ccc(-c3ccc(C)c(Br)c3)o2)cc1OC. The fourth-order valence-corrected chi connectivity index (χ4v) is 3.09. The molecule has 7 heteroatoms. The lowest BCUT2D eigenvalue weighted by Crippen LogP contribution is -2.19. The molecule has 1 aromatic heterocycles. The highest BCUT2D eigenvalue weighted by atomic mass is 79.9. The minimum atomic E-state index is -0.247. The first-order chi connectivity index (χ1) is 14.0. The Balaban J connectivity index is 1.59. The van der Waals surface area contributed by atoms with E-state index in [0.717, 1.165) is 26.9 Å². The van der Waals surface area contributed by atoms with Crippen molar-refractivity contribution in [2.75, 3.05) is 14.2 Å². The van der Waals surface area contributed by atoms with Crippen LogP contribution in [0.5, 0.6) is 11.5 Å². The number of carbonyl (C=O) groups is 1. The third-order valence-corrected chi connectivity index (χ3v) is 5.13. The number of halogens is 1. The van der Waals surface area contributed by atoms with E-state index in [1.807, 2.05) is 37.3 Å². The predicted molar refractivity (Wildman–Crippen MR) is 116 cm³/mol. The van der Waals surface area contributed by atoms with Gasteiger partial charge in [-0.2, -0.15) is 5.10 Å². The number of nitrogens with one attached hydrogen (secondary N) is 1. The van der Waals surface area contributed by atoms with Crippen LogP contribution in [0.1, 0.15) is 16.9 Å². The summed E-state index contributed by atoms with van der Waals surface area (Å²) >= 11 is 3.52. The Hall–Kier alpha value is -3.06. The maximum absolute atomic E-state index is 12.1. The highest BCUT2D eigenvalue weighted by Crippen LogP contribution is 2.28. The number of hydrazone groups is 1. The topological polar surface area (TPSA) is 73.1 Å². The Labute approximate surface area is 177 Å². The van der Waals surface area contributed by atoms with Gasteiger partial charge in [0.25, 0.3) is 0 Å². The molecule has 0 aliphatic heterocycles. The van der Waals surface area contributed by atoms with Gasteiger partial charge in [-0.05, 0) is 48.4 Å². The van der Waals surface area contributed by atoms with E-state index in [1.54, 1.807) is 32.4 Å². The van der Waals surface area contributed by atoms with E-state index < -0.39 is 0 Å². The van der Waals surface area contributed by atoms with Crippen LogP contribution in [0.2, 0.25) is 0 Å². The number of benzene rings is 2. The summed E-state index contributed by atoms with van der Waals surface area (Å²) in [7, 11) is 3.12. The number of furan rings is 1. The molecule has 1 amide bonds. The number of ether oxygens (including phenoxy) is 2. The molecule has 0 saturated carbocycles. The zero-order valence-corrected chi connectivity index (χ0v) is 17.9. The average Bonchev–Trinajstić information content (AvgIpc) is 3.18. The van der Waals surface area contributed by atoms with Gasteiger partial charge in [0.15, 0.2) is 11.5 Å². The van der Waals surface area contributed by atoms with Crippen molar-refractivity contribution < 1.29 is 18.7 Å². The normalized spacial score (nSPS) is 10.9. The first kappa shape index (κ1) is 20.7. The predicted octanol–water partition coefficient (Wildman–Crippen LogP) is 4.73. The lowest BCUT2D eigenvalue weighted by molar-refractivity contribution is -0.120. The second-order valence-electron chi connectivity index (χ2n) is 6.33. The first-order valence-electron chi connectivity index (χ1n) is 8.89. The van der Waals surface area contributed by atoms with Crippen LogP contribution in [0.3, 0.4) is 0 Å². The maximum atomic E-state index is 12.1. The van der Waals surface area contributed by atoms with E-state index in [4.69, 9.17) is 13.9 Å². The van der Waals surface area contributed by atoms with Crippen molar-refractivity contribution in [3.05, 3.63) is 69.9 Å². The number of nitrogens with zero attached hydrogens (tertiary/aromatic N) is 1. The van der Waals surface area contributed by atoms with Crippen molar-refractivity contribution in [1.29, 1.82) is 0 Å². The number of hydrogen-bond acceptors (Lipinski definition) is 5. The van der Waals surface area contributed by atoms with Gasteiger partial charge in [-0.3, -0.25) is 4.79 Å². The molecule has 150 valence electrons. The summed E-state index contributed by atoms with van der Waals surface area (Å²) in [4.78, 5) is 12.1. The van der Waals surface area contributed by atoms with Crippen LogP contribution in [-0.4, -0.2) is 26.3 Å². The zero-order chi connectivity index (χ0) is 20.8. The zero-order valence-electron chi connectivity index (χ0n) is 16.4. The Bertz CT molecular complexity index is 1040. The van der Waals surface area contributed by atoms with Crippen LogP contribution in [0, 0.1) is 6.92 Å². The molecule has 0 spiro atoms. The second-order valence-corrected chi connectivity index (χ2v) is 7.18. The molecule has 3 rings (SSSR count). The van der Waals surface area contributed by atoms with Crippen molar-refractivity contribution in [2.45, 2.75) is 13.3 Å². The van der Waals surface area contributed by atoms with Crippen molar-refractivity contribution >= 4 is 28.1 Å². The summed E-state index contributed by atoms with van der Waals surface area (Å²) in [6, 6.07) is 15.0. The van der Waals surface area contributed by atoms with Crippen molar-refractivity contribution in [3.8, 4) is 22.8 Å². The highest BCUT2D eigenvalue weighted by Gasteiger charge is 2.08. The molecule has 0 aliphatic carbocycles. The van der Waals surface area contributed by atoms with Gasteiger partial charge in [-0.25, -0.2) is 5.43 Å². The lowest BCUT2D eigenvalue weighted by Gasteiger charge is -2.09. The third-order valence-electron chi connectivity index (χ3n) is 4.28. The number of rotatable bonds is 7. The molecule has 0 aliphatic rings. The van der Waals surface area contributed by atoms with Crippen LogP contribution in [0.15, 0.2) is 62.5 Å². The molecule has 3 aromatic rings. The number of carbonyl (C=O) groups excluding carboxylic acids is 1. The summed E-state index contributed by atoms with van der Waals surface area (Å²) in [5, 5.41) is 3.97. The molecule has 0 fully saturated rings. The van der Waals surface area contributed by atoms with Crippen LogP contribution in [0.25, 0.3) is 11.3 Å². The minimum Gasteiger partial charge on any atom is -0.493 e. The monoisotopic (exact) mass is 456 g/mol. The number of amides is 1. The molecule has 0 saturated heterocycles. The van der Waals surface area contributed by atoms with Crippen molar-refractivity contribution in [2.24, 2.45) is 5.10 Å². The lowest BCUT2D eigenvalue weighted by atomic mass is 10.1. The van der Waals surface area contributed by atoms with Gasteiger partial charge in [-0.15, -0.1) is 0 Å². The van der Waals surface area contributed by atoms with E-state index >= 15 is 0 Å². The number of methoxy groups -OCH3 is 2. The molecule has 29 heavy (non-hydrogen) atoms. The van der Waals surface area contributed by atoms with Crippen molar-refractivity contribution in [1.82, 2.24) is 5.43 Å². The fourth-order valence-electron chi connectivity index (χ4n) is 2.71. The van der Waals surface area contributed by atoms with Gasteiger partial charge in [-0.1, -0.05) is 34.1 Å². The molecule has 0 atom stereocenters. The molecule has 0 bridgehead atoms. The molecule has 1 N–H and O–H groups in total. The molecular formula is C22H21BrN2O4. The smallest absolute Gasteiger partial charge is 0.244 e. The maximum Gasteiger partial charge on any atom is 0.244 e.